The van der Waals surface area contributed by atoms with Gasteiger partial charge in [-0.2, -0.15) is 0 Å². The van der Waals surface area contributed by atoms with Crippen LogP contribution in [0.5, 0.6) is 5.75 Å². The first-order valence-corrected chi connectivity index (χ1v) is 10.1. The van der Waals surface area contributed by atoms with Gasteiger partial charge in [0.2, 0.25) is 0 Å². The summed E-state index contributed by atoms with van der Waals surface area (Å²) in [6.45, 7) is 5.65. The van der Waals surface area contributed by atoms with Crippen LogP contribution >= 0.6 is 0 Å². The van der Waals surface area contributed by atoms with Crippen LogP contribution in [-0.2, 0) is 13.2 Å². The first kappa shape index (κ1) is 19.7. The topological polar surface area (TPSA) is 57.3 Å². The monoisotopic (exact) mass is 400 g/mol. The molecule has 5 nitrogen and oxygen atoms in total. The number of benzene rings is 3. The maximum atomic E-state index is 11.0. The molecule has 0 atom stereocenters. The summed E-state index contributed by atoms with van der Waals surface area (Å²) in [4.78, 5) is 10.6. The fraction of sp³-hybridized carbons (Fsp3) is 0.200. The first-order chi connectivity index (χ1) is 14.6. The number of hydrogen-bond acceptors (Lipinski definition) is 3. The number of aromatic nitrogens is 1. The molecule has 5 heteroatoms. The molecule has 0 radical (unpaired) electrons. The Labute approximate surface area is 175 Å². The van der Waals surface area contributed by atoms with E-state index in [0.29, 0.717) is 6.61 Å². The van der Waals surface area contributed by atoms with Crippen molar-refractivity contribution in [3.8, 4) is 17.0 Å². The molecule has 0 unspecified atom stereocenters. The Kier molecular flexibility index (Phi) is 5.53. The Morgan fingerprint density at radius 3 is 2.40 bits per heavy atom. The SMILES string of the molecule is CCCn1c(-c2ccc([N+](=O)[O-])cc2)c(C)c2cc(OCc3ccccc3)ccc21. The summed E-state index contributed by atoms with van der Waals surface area (Å²) in [5.74, 6) is 0.832. The quantitative estimate of drug-likeness (QED) is 0.262. The lowest BCUT2D eigenvalue weighted by Gasteiger charge is -2.11. The molecule has 0 saturated heterocycles. The zero-order valence-corrected chi connectivity index (χ0v) is 17.2. The Balaban J connectivity index is 1.73. The number of nitrogens with zero attached hydrogens (tertiary/aromatic N) is 2. The van der Waals surface area contributed by atoms with Crippen molar-refractivity contribution >= 4 is 16.6 Å². The highest BCUT2D eigenvalue weighted by molar-refractivity contribution is 5.92. The van der Waals surface area contributed by atoms with Crippen LogP contribution in [0.4, 0.5) is 5.69 Å². The van der Waals surface area contributed by atoms with E-state index in [2.05, 4.69) is 30.5 Å². The van der Waals surface area contributed by atoms with E-state index in [1.165, 1.54) is 0 Å². The average molecular weight is 400 g/mol. The van der Waals surface area contributed by atoms with E-state index in [4.69, 9.17) is 4.74 Å². The van der Waals surface area contributed by atoms with Crippen LogP contribution in [-0.4, -0.2) is 9.49 Å². The smallest absolute Gasteiger partial charge is 0.269 e. The third-order valence-electron chi connectivity index (χ3n) is 5.34. The van der Waals surface area contributed by atoms with Gasteiger partial charge in [-0.15, -0.1) is 0 Å². The Morgan fingerprint density at radius 1 is 1.00 bits per heavy atom. The summed E-state index contributed by atoms with van der Waals surface area (Å²) in [5.41, 5.74) is 5.61. The van der Waals surface area contributed by atoms with E-state index < -0.39 is 0 Å². The van der Waals surface area contributed by atoms with Crippen molar-refractivity contribution in [2.75, 3.05) is 0 Å². The third kappa shape index (κ3) is 3.79. The summed E-state index contributed by atoms with van der Waals surface area (Å²) < 4.78 is 8.33. The first-order valence-electron chi connectivity index (χ1n) is 10.1. The number of ether oxygens (including phenoxy) is 1. The van der Waals surface area contributed by atoms with Crippen LogP contribution in [0, 0.1) is 17.0 Å². The van der Waals surface area contributed by atoms with Gasteiger partial charge >= 0.3 is 0 Å². The van der Waals surface area contributed by atoms with Crippen LogP contribution in [0.3, 0.4) is 0 Å². The Hall–Kier alpha value is -3.60. The standard InChI is InChI=1S/C25H24N2O3/c1-3-15-26-24-14-13-22(30-17-19-7-5-4-6-8-19)16-23(24)18(2)25(26)20-9-11-21(12-10-20)27(28)29/h4-14,16H,3,15,17H2,1-2H3. The zero-order valence-electron chi connectivity index (χ0n) is 17.2. The van der Waals surface area contributed by atoms with E-state index in [1.54, 1.807) is 12.1 Å². The zero-order chi connectivity index (χ0) is 21.1. The third-order valence-corrected chi connectivity index (χ3v) is 5.34. The highest BCUT2D eigenvalue weighted by Gasteiger charge is 2.17. The lowest BCUT2D eigenvalue weighted by Crippen LogP contribution is -2.00. The van der Waals surface area contributed by atoms with Crippen molar-refractivity contribution in [2.45, 2.75) is 33.4 Å². The number of aryl methyl sites for hydroxylation is 2. The second-order valence-corrected chi connectivity index (χ2v) is 7.38. The molecular formula is C25H24N2O3. The van der Waals surface area contributed by atoms with Gasteiger partial charge in [0.15, 0.2) is 0 Å². The van der Waals surface area contributed by atoms with Crippen molar-refractivity contribution in [1.29, 1.82) is 0 Å². The number of hydrogen-bond donors (Lipinski definition) is 0. The highest BCUT2D eigenvalue weighted by atomic mass is 16.6. The molecule has 4 rings (SSSR count). The molecule has 1 aromatic heterocycles. The van der Waals surface area contributed by atoms with Crippen LogP contribution in [0.25, 0.3) is 22.2 Å². The molecule has 0 N–H and O–H groups in total. The van der Waals surface area contributed by atoms with E-state index in [0.717, 1.165) is 52.0 Å². The fourth-order valence-electron chi connectivity index (χ4n) is 3.90. The van der Waals surface area contributed by atoms with Crippen molar-refractivity contribution in [3.63, 3.8) is 0 Å². The van der Waals surface area contributed by atoms with Gasteiger partial charge in [-0.1, -0.05) is 37.3 Å². The maximum Gasteiger partial charge on any atom is 0.269 e. The normalized spacial score (nSPS) is 11.0. The predicted molar refractivity (Wildman–Crippen MR) is 120 cm³/mol. The molecule has 0 aliphatic heterocycles. The van der Waals surface area contributed by atoms with Crippen LogP contribution in [0.15, 0.2) is 72.8 Å². The van der Waals surface area contributed by atoms with Gasteiger partial charge < -0.3 is 9.30 Å². The fourth-order valence-corrected chi connectivity index (χ4v) is 3.90. The predicted octanol–water partition coefficient (Wildman–Crippen LogP) is 6.51. The van der Waals surface area contributed by atoms with Crippen molar-refractivity contribution in [2.24, 2.45) is 0 Å². The minimum atomic E-state index is -0.366. The number of nitro benzene ring substituents is 1. The lowest BCUT2D eigenvalue weighted by molar-refractivity contribution is -0.384. The molecule has 4 aromatic rings. The molecule has 0 aliphatic rings. The number of fused-ring (bicyclic) bond motifs is 1. The minimum absolute atomic E-state index is 0.103. The van der Waals surface area contributed by atoms with Crippen molar-refractivity contribution in [1.82, 2.24) is 4.57 Å². The Bertz CT molecular complexity index is 1180. The maximum absolute atomic E-state index is 11.0. The molecule has 0 fully saturated rings. The van der Waals surface area contributed by atoms with E-state index in [9.17, 15) is 10.1 Å². The van der Waals surface area contributed by atoms with Crippen molar-refractivity contribution in [3.05, 3.63) is 94.0 Å². The summed E-state index contributed by atoms with van der Waals surface area (Å²) >= 11 is 0. The molecule has 0 aliphatic carbocycles. The summed E-state index contributed by atoms with van der Waals surface area (Å²) in [6, 6.07) is 23.1. The highest BCUT2D eigenvalue weighted by Crippen LogP contribution is 2.36. The number of rotatable bonds is 7. The molecule has 0 amide bonds. The summed E-state index contributed by atoms with van der Waals surface area (Å²) in [7, 11) is 0. The van der Waals surface area contributed by atoms with Gasteiger partial charge in [-0.05, 0) is 60.4 Å². The molecule has 1 heterocycles. The van der Waals surface area contributed by atoms with Crippen LogP contribution < -0.4 is 4.74 Å². The van der Waals surface area contributed by atoms with Crippen LogP contribution in [0.1, 0.15) is 24.5 Å². The Morgan fingerprint density at radius 2 is 1.73 bits per heavy atom. The minimum Gasteiger partial charge on any atom is -0.489 e. The summed E-state index contributed by atoms with van der Waals surface area (Å²) in [6.07, 6.45) is 0.995. The van der Waals surface area contributed by atoms with Crippen LogP contribution in [0.2, 0.25) is 0 Å². The molecule has 0 spiro atoms. The molecule has 0 saturated carbocycles. The molecular weight excluding hydrogens is 376 g/mol. The van der Waals surface area contributed by atoms with E-state index in [-0.39, 0.29) is 10.6 Å². The number of non-ortho nitro benzene ring substituents is 1. The van der Waals surface area contributed by atoms with Gasteiger partial charge in [-0.3, -0.25) is 10.1 Å². The van der Waals surface area contributed by atoms with E-state index >= 15 is 0 Å². The van der Waals surface area contributed by atoms with Gasteiger partial charge in [0.05, 0.1) is 10.6 Å². The van der Waals surface area contributed by atoms with Crippen molar-refractivity contribution < 1.29 is 9.66 Å². The van der Waals surface area contributed by atoms with Gasteiger partial charge in [0.25, 0.3) is 5.69 Å². The van der Waals surface area contributed by atoms with Gasteiger partial charge in [0, 0.05) is 29.6 Å². The molecule has 0 bridgehead atoms. The lowest BCUT2D eigenvalue weighted by atomic mass is 10.1. The van der Waals surface area contributed by atoms with E-state index in [1.807, 2.05) is 48.5 Å². The average Bonchev–Trinajstić information content (AvgIpc) is 3.04. The van der Waals surface area contributed by atoms with Gasteiger partial charge in [0.1, 0.15) is 12.4 Å². The molecule has 30 heavy (non-hydrogen) atoms. The molecule has 3 aromatic carbocycles. The van der Waals surface area contributed by atoms with Gasteiger partial charge in [-0.25, -0.2) is 0 Å². The molecule has 152 valence electrons. The second kappa shape index (κ2) is 8.41. The number of nitro groups is 1. The summed E-state index contributed by atoms with van der Waals surface area (Å²) in [5, 5.41) is 12.2. The second-order valence-electron chi connectivity index (χ2n) is 7.38. The largest absolute Gasteiger partial charge is 0.489 e.